The molecule has 150 valence electrons. The van der Waals surface area contributed by atoms with Crippen molar-refractivity contribution in [3.8, 4) is 0 Å². The van der Waals surface area contributed by atoms with Gasteiger partial charge in [-0.2, -0.15) is 0 Å². The largest absolute Gasteiger partial charge is 0.462 e. The first-order valence-electron chi connectivity index (χ1n) is 9.58. The molecule has 1 aliphatic heterocycles. The maximum absolute atomic E-state index is 12.7. The molecule has 2 aliphatic rings. The second kappa shape index (κ2) is 7.79. The number of fused-ring (bicyclic) bond motifs is 1. The van der Waals surface area contributed by atoms with Crippen LogP contribution >= 0.6 is 11.3 Å². The molecule has 1 N–H and O–H groups in total. The Hall–Kier alpha value is -3.00. The summed E-state index contributed by atoms with van der Waals surface area (Å²) in [4.78, 5) is 51.1. The van der Waals surface area contributed by atoms with Gasteiger partial charge in [-0.15, -0.1) is 11.3 Å². The number of amides is 3. The van der Waals surface area contributed by atoms with Gasteiger partial charge in [0.15, 0.2) is 0 Å². The van der Waals surface area contributed by atoms with E-state index in [0.29, 0.717) is 21.8 Å². The van der Waals surface area contributed by atoms with E-state index in [4.69, 9.17) is 4.74 Å². The molecule has 1 saturated heterocycles. The van der Waals surface area contributed by atoms with Crippen molar-refractivity contribution in [2.45, 2.75) is 39.0 Å². The Labute approximate surface area is 171 Å². The molecule has 3 amide bonds. The summed E-state index contributed by atoms with van der Waals surface area (Å²) in [7, 11) is 0. The molecular formula is C21H20N2O5S. The summed E-state index contributed by atoms with van der Waals surface area (Å²) in [6.07, 6.45) is 3.12. The van der Waals surface area contributed by atoms with Gasteiger partial charge in [0.25, 0.3) is 5.91 Å². The first-order chi connectivity index (χ1) is 14.0. The number of rotatable bonds is 5. The van der Waals surface area contributed by atoms with Crippen molar-refractivity contribution in [2.24, 2.45) is 0 Å². The Bertz CT molecular complexity index is 993. The Morgan fingerprint density at radius 3 is 2.41 bits per heavy atom. The number of imide groups is 1. The van der Waals surface area contributed by atoms with Crippen LogP contribution in [0.1, 0.15) is 57.3 Å². The van der Waals surface area contributed by atoms with E-state index < -0.39 is 5.97 Å². The van der Waals surface area contributed by atoms with Crippen molar-refractivity contribution in [1.82, 2.24) is 0 Å². The number of anilines is 2. The fraction of sp³-hybridized carbons (Fsp3) is 0.333. The van der Waals surface area contributed by atoms with Gasteiger partial charge >= 0.3 is 5.97 Å². The Morgan fingerprint density at radius 1 is 1.07 bits per heavy atom. The minimum absolute atomic E-state index is 0.209. The molecule has 4 rings (SSSR count). The van der Waals surface area contributed by atoms with E-state index in [1.54, 1.807) is 31.2 Å². The highest BCUT2D eigenvalue weighted by Gasteiger charge is 2.31. The predicted octanol–water partition coefficient (Wildman–Crippen LogP) is 3.32. The lowest BCUT2D eigenvalue weighted by Crippen LogP contribution is -2.28. The number of hydrogen-bond donors (Lipinski definition) is 1. The van der Waals surface area contributed by atoms with Crippen molar-refractivity contribution in [3.63, 3.8) is 0 Å². The van der Waals surface area contributed by atoms with E-state index >= 15 is 0 Å². The average Bonchev–Trinajstić information content (AvgIpc) is 3.37. The molecule has 8 heteroatoms. The van der Waals surface area contributed by atoms with Crippen molar-refractivity contribution in [3.05, 3.63) is 45.8 Å². The fourth-order valence-corrected chi connectivity index (χ4v) is 4.99. The van der Waals surface area contributed by atoms with Gasteiger partial charge in [0.1, 0.15) is 5.00 Å². The van der Waals surface area contributed by atoms with Crippen molar-refractivity contribution < 1.29 is 23.9 Å². The van der Waals surface area contributed by atoms with Crippen LogP contribution in [0.4, 0.5) is 10.7 Å². The molecule has 0 saturated carbocycles. The monoisotopic (exact) mass is 412 g/mol. The number of carbonyl (C=O) groups is 4. The van der Waals surface area contributed by atoms with Crippen LogP contribution in [-0.4, -0.2) is 30.3 Å². The lowest BCUT2D eigenvalue weighted by atomic mass is 10.1. The molecule has 7 nitrogen and oxygen atoms in total. The van der Waals surface area contributed by atoms with Crippen LogP contribution in [0, 0.1) is 0 Å². The molecule has 29 heavy (non-hydrogen) atoms. The third kappa shape index (κ3) is 3.55. The Morgan fingerprint density at radius 2 is 1.76 bits per heavy atom. The molecule has 0 atom stereocenters. The van der Waals surface area contributed by atoms with Gasteiger partial charge in [0, 0.05) is 23.3 Å². The zero-order valence-electron chi connectivity index (χ0n) is 15.9. The highest BCUT2D eigenvalue weighted by atomic mass is 32.1. The summed E-state index contributed by atoms with van der Waals surface area (Å²) in [6, 6.07) is 6.29. The van der Waals surface area contributed by atoms with Crippen LogP contribution in [0.15, 0.2) is 24.3 Å². The molecular weight excluding hydrogens is 392 g/mol. The van der Waals surface area contributed by atoms with Crippen molar-refractivity contribution >= 4 is 45.7 Å². The van der Waals surface area contributed by atoms with Crippen molar-refractivity contribution in [1.29, 1.82) is 0 Å². The van der Waals surface area contributed by atoms with Crippen LogP contribution in [0.3, 0.4) is 0 Å². The number of aryl methyl sites for hydroxylation is 1. The summed E-state index contributed by atoms with van der Waals surface area (Å²) in [5.41, 5.74) is 2.26. The number of benzene rings is 1. The third-order valence-electron chi connectivity index (χ3n) is 5.07. The summed E-state index contributed by atoms with van der Waals surface area (Å²) >= 11 is 1.42. The molecule has 2 aromatic rings. The first kappa shape index (κ1) is 19.3. The van der Waals surface area contributed by atoms with E-state index in [9.17, 15) is 19.2 Å². The number of thiophene rings is 1. The smallest absolute Gasteiger partial charge is 0.341 e. The first-order valence-corrected chi connectivity index (χ1v) is 10.4. The number of nitrogens with zero attached hydrogens (tertiary/aromatic N) is 1. The fourth-order valence-electron chi connectivity index (χ4n) is 3.71. The average molecular weight is 412 g/mol. The summed E-state index contributed by atoms with van der Waals surface area (Å²) in [5, 5.41) is 3.34. The Kier molecular flexibility index (Phi) is 5.19. The van der Waals surface area contributed by atoms with E-state index in [1.807, 2.05) is 0 Å². The highest BCUT2D eigenvalue weighted by molar-refractivity contribution is 7.17. The number of carbonyl (C=O) groups excluding carboxylic acids is 4. The summed E-state index contributed by atoms with van der Waals surface area (Å²) < 4.78 is 5.18. The van der Waals surface area contributed by atoms with E-state index in [-0.39, 0.29) is 37.2 Å². The van der Waals surface area contributed by atoms with Crippen molar-refractivity contribution in [2.75, 3.05) is 16.8 Å². The van der Waals surface area contributed by atoms with Gasteiger partial charge in [-0.05, 0) is 56.0 Å². The molecule has 1 aromatic heterocycles. The third-order valence-corrected chi connectivity index (χ3v) is 6.27. The van der Waals surface area contributed by atoms with Gasteiger partial charge in [-0.25, -0.2) is 4.79 Å². The molecule has 1 aromatic carbocycles. The van der Waals surface area contributed by atoms with Gasteiger partial charge in [0.2, 0.25) is 11.8 Å². The zero-order chi connectivity index (χ0) is 20.5. The van der Waals surface area contributed by atoms with Crippen LogP contribution in [0.2, 0.25) is 0 Å². The molecule has 0 spiro atoms. The lowest BCUT2D eigenvalue weighted by Gasteiger charge is -2.14. The molecule has 1 aliphatic carbocycles. The topological polar surface area (TPSA) is 92.8 Å². The van der Waals surface area contributed by atoms with Gasteiger partial charge in [-0.1, -0.05) is 0 Å². The maximum atomic E-state index is 12.7. The minimum Gasteiger partial charge on any atom is -0.462 e. The summed E-state index contributed by atoms with van der Waals surface area (Å²) in [6.45, 7) is 2.02. The van der Waals surface area contributed by atoms with E-state index in [2.05, 4.69) is 5.32 Å². The molecule has 2 heterocycles. The van der Waals surface area contributed by atoms with Crippen LogP contribution in [-0.2, 0) is 27.2 Å². The quantitative estimate of drug-likeness (QED) is 0.601. The number of hydrogen-bond acceptors (Lipinski definition) is 6. The van der Waals surface area contributed by atoms with Gasteiger partial charge in [0.05, 0.1) is 17.9 Å². The molecule has 0 unspecified atom stereocenters. The van der Waals surface area contributed by atoms with Crippen LogP contribution in [0.5, 0.6) is 0 Å². The molecule has 0 bridgehead atoms. The van der Waals surface area contributed by atoms with Crippen LogP contribution in [0.25, 0.3) is 0 Å². The molecule has 1 fully saturated rings. The Balaban J connectivity index is 1.55. The number of esters is 1. The predicted molar refractivity (Wildman–Crippen MR) is 108 cm³/mol. The summed E-state index contributed by atoms with van der Waals surface area (Å²) in [5.74, 6) is -1.25. The second-order valence-corrected chi connectivity index (χ2v) is 8.01. The van der Waals surface area contributed by atoms with Gasteiger partial charge < -0.3 is 10.1 Å². The maximum Gasteiger partial charge on any atom is 0.341 e. The highest BCUT2D eigenvalue weighted by Crippen LogP contribution is 2.39. The lowest BCUT2D eigenvalue weighted by molar-refractivity contribution is -0.121. The molecule has 0 radical (unpaired) electrons. The normalized spacial score (nSPS) is 15.6. The van der Waals surface area contributed by atoms with Crippen LogP contribution < -0.4 is 10.2 Å². The SMILES string of the molecule is CCOC(=O)c1c(NC(=O)c2ccc(N3C(=O)CCC3=O)cc2)sc2c1CCC2. The zero-order valence-corrected chi connectivity index (χ0v) is 16.8. The van der Waals surface area contributed by atoms with E-state index in [1.165, 1.54) is 11.3 Å². The minimum atomic E-state index is -0.413. The van der Waals surface area contributed by atoms with E-state index in [0.717, 1.165) is 34.6 Å². The second-order valence-electron chi connectivity index (χ2n) is 6.91. The van der Waals surface area contributed by atoms with Gasteiger partial charge in [-0.3, -0.25) is 19.3 Å². The standard InChI is InChI=1S/C21H20N2O5S/c1-2-28-21(27)18-14-4-3-5-15(14)29-20(18)22-19(26)12-6-8-13(9-7-12)23-16(24)10-11-17(23)25/h6-9H,2-5,10-11H2,1H3,(H,22,26). The number of nitrogens with one attached hydrogen (secondary N) is 1. The number of ether oxygens (including phenoxy) is 1.